The first kappa shape index (κ1) is 20.7. The first-order valence-corrected chi connectivity index (χ1v) is 7.50. The third-order valence-electron chi connectivity index (χ3n) is 3.10. The zero-order chi connectivity index (χ0) is 19.0. The van der Waals surface area contributed by atoms with Crippen LogP contribution in [0.15, 0.2) is 40.8 Å². The fourth-order valence-electron chi connectivity index (χ4n) is 1.86. The van der Waals surface area contributed by atoms with E-state index < -0.39 is 17.7 Å². The number of alkyl halides is 3. The third kappa shape index (κ3) is 6.98. The molecule has 2 aromatic rings. The molecule has 0 saturated carbocycles. The van der Waals surface area contributed by atoms with E-state index in [0.717, 1.165) is 31.6 Å². The second-order valence-electron chi connectivity index (χ2n) is 5.49. The summed E-state index contributed by atoms with van der Waals surface area (Å²) in [7, 11) is 4.10. The van der Waals surface area contributed by atoms with Crippen LogP contribution in [0.1, 0.15) is 22.5 Å². The highest BCUT2D eigenvalue weighted by Gasteiger charge is 2.30. The third-order valence-corrected chi connectivity index (χ3v) is 3.10. The summed E-state index contributed by atoms with van der Waals surface area (Å²) in [4.78, 5) is 12.7. The Kier molecular flexibility index (Phi) is 7.66. The Labute approximate surface area is 143 Å². The SMILES string of the molecule is CN(C)CCCN.O=C(O)c1ccc(-c2cccc(C(F)(F)F)c2)o1. The van der Waals surface area contributed by atoms with Gasteiger partial charge in [0.25, 0.3) is 0 Å². The number of benzene rings is 1. The lowest BCUT2D eigenvalue weighted by Gasteiger charge is -2.07. The second kappa shape index (κ2) is 9.24. The molecule has 1 aromatic heterocycles. The summed E-state index contributed by atoms with van der Waals surface area (Å²) >= 11 is 0. The van der Waals surface area contributed by atoms with Crippen LogP contribution < -0.4 is 5.73 Å². The standard InChI is InChI=1S/C12H7F3O3.C5H14N2/c13-12(14,15)8-3-1-2-7(6-8)9-4-5-10(18-9)11(16)17;1-7(2)5-3-4-6/h1-6H,(H,16,17);3-6H2,1-2H3. The van der Waals surface area contributed by atoms with Gasteiger partial charge >= 0.3 is 12.1 Å². The van der Waals surface area contributed by atoms with Gasteiger partial charge in [0.15, 0.2) is 0 Å². The molecule has 0 spiro atoms. The van der Waals surface area contributed by atoms with Crippen LogP contribution in [0.5, 0.6) is 0 Å². The molecule has 0 saturated heterocycles. The molecule has 138 valence electrons. The molecule has 25 heavy (non-hydrogen) atoms. The van der Waals surface area contributed by atoms with Crippen molar-refractivity contribution in [2.24, 2.45) is 5.73 Å². The molecular formula is C17H21F3N2O3. The molecule has 0 atom stereocenters. The van der Waals surface area contributed by atoms with E-state index in [1.165, 1.54) is 24.3 Å². The van der Waals surface area contributed by atoms with E-state index in [1.54, 1.807) is 0 Å². The summed E-state index contributed by atoms with van der Waals surface area (Å²) in [5.74, 6) is -1.51. The van der Waals surface area contributed by atoms with Gasteiger partial charge in [-0.3, -0.25) is 0 Å². The lowest BCUT2D eigenvalue weighted by atomic mass is 10.1. The Bertz CT molecular complexity index is 682. The van der Waals surface area contributed by atoms with Crippen molar-refractivity contribution >= 4 is 5.97 Å². The minimum absolute atomic E-state index is 0.0819. The highest BCUT2D eigenvalue weighted by Crippen LogP contribution is 2.32. The fraction of sp³-hybridized carbons (Fsp3) is 0.353. The van der Waals surface area contributed by atoms with Crippen molar-refractivity contribution in [3.05, 3.63) is 47.7 Å². The van der Waals surface area contributed by atoms with Crippen molar-refractivity contribution in [1.29, 1.82) is 0 Å². The summed E-state index contributed by atoms with van der Waals surface area (Å²) in [5, 5.41) is 8.66. The largest absolute Gasteiger partial charge is 0.475 e. The number of hydrogen-bond acceptors (Lipinski definition) is 4. The number of hydrogen-bond donors (Lipinski definition) is 2. The maximum absolute atomic E-state index is 12.5. The van der Waals surface area contributed by atoms with Gasteiger partial charge in [0, 0.05) is 5.56 Å². The topological polar surface area (TPSA) is 79.7 Å². The number of carboxylic acid groups (broad SMARTS) is 1. The summed E-state index contributed by atoms with van der Waals surface area (Å²) in [6, 6.07) is 7.01. The van der Waals surface area contributed by atoms with E-state index in [4.69, 9.17) is 15.3 Å². The van der Waals surface area contributed by atoms with Crippen LogP contribution in [0.4, 0.5) is 13.2 Å². The quantitative estimate of drug-likeness (QED) is 0.854. The van der Waals surface area contributed by atoms with Gasteiger partial charge in [0.05, 0.1) is 5.56 Å². The molecule has 0 aliphatic rings. The fourth-order valence-corrected chi connectivity index (χ4v) is 1.86. The number of rotatable bonds is 5. The van der Waals surface area contributed by atoms with Crippen LogP contribution in [0.3, 0.4) is 0 Å². The van der Waals surface area contributed by atoms with Crippen molar-refractivity contribution in [2.45, 2.75) is 12.6 Å². The molecule has 0 amide bonds. The van der Waals surface area contributed by atoms with Gasteiger partial charge < -0.3 is 20.2 Å². The van der Waals surface area contributed by atoms with Gasteiger partial charge in [-0.2, -0.15) is 13.2 Å². The van der Waals surface area contributed by atoms with Crippen LogP contribution in [0.25, 0.3) is 11.3 Å². The van der Waals surface area contributed by atoms with Gasteiger partial charge in [-0.1, -0.05) is 12.1 Å². The maximum Gasteiger partial charge on any atom is 0.416 e. The monoisotopic (exact) mass is 358 g/mol. The molecule has 0 aliphatic carbocycles. The van der Waals surface area contributed by atoms with Crippen LogP contribution >= 0.6 is 0 Å². The predicted molar refractivity (Wildman–Crippen MR) is 88.3 cm³/mol. The molecule has 0 bridgehead atoms. The van der Waals surface area contributed by atoms with Crippen molar-refractivity contribution in [3.63, 3.8) is 0 Å². The molecular weight excluding hydrogens is 337 g/mol. The maximum atomic E-state index is 12.5. The van der Waals surface area contributed by atoms with Crippen molar-refractivity contribution in [3.8, 4) is 11.3 Å². The van der Waals surface area contributed by atoms with E-state index in [0.29, 0.717) is 0 Å². The number of carboxylic acids is 1. The highest BCUT2D eigenvalue weighted by atomic mass is 19.4. The summed E-state index contributed by atoms with van der Waals surface area (Å²) in [5.41, 5.74) is 4.62. The molecule has 0 radical (unpaired) electrons. The van der Waals surface area contributed by atoms with E-state index in [2.05, 4.69) is 19.0 Å². The van der Waals surface area contributed by atoms with E-state index in [-0.39, 0.29) is 17.1 Å². The molecule has 0 fully saturated rings. The van der Waals surface area contributed by atoms with E-state index >= 15 is 0 Å². The minimum atomic E-state index is -4.45. The number of furan rings is 1. The van der Waals surface area contributed by atoms with Crippen LogP contribution in [0.2, 0.25) is 0 Å². The lowest BCUT2D eigenvalue weighted by Crippen LogP contribution is -2.16. The van der Waals surface area contributed by atoms with E-state index in [9.17, 15) is 18.0 Å². The average molecular weight is 358 g/mol. The zero-order valence-corrected chi connectivity index (χ0v) is 14.0. The summed E-state index contributed by atoms with van der Waals surface area (Å²) in [6.07, 6.45) is -3.34. The predicted octanol–water partition coefficient (Wildman–Crippen LogP) is 3.56. The van der Waals surface area contributed by atoms with Crippen LogP contribution in [0, 0.1) is 0 Å². The van der Waals surface area contributed by atoms with Crippen LogP contribution in [-0.2, 0) is 6.18 Å². The normalized spacial score (nSPS) is 11.2. The minimum Gasteiger partial charge on any atom is -0.475 e. The lowest BCUT2D eigenvalue weighted by molar-refractivity contribution is -0.137. The van der Waals surface area contributed by atoms with Crippen LogP contribution in [-0.4, -0.2) is 43.2 Å². The Balaban J connectivity index is 0.000000381. The first-order valence-electron chi connectivity index (χ1n) is 7.50. The van der Waals surface area contributed by atoms with Crippen molar-refractivity contribution < 1.29 is 27.5 Å². The first-order chi connectivity index (χ1) is 11.6. The molecule has 1 heterocycles. The number of nitrogens with zero attached hydrogens (tertiary/aromatic N) is 1. The molecule has 3 N–H and O–H groups in total. The molecule has 0 aliphatic heterocycles. The average Bonchev–Trinajstić information content (AvgIpc) is 3.03. The smallest absolute Gasteiger partial charge is 0.416 e. The number of aromatic carboxylic acids is 1. The van der Waals surface area contributed by atoms with E-state index in [1.807, 2.05) is 0 Å². The Morgan fingerprint density at radius 3 is 2.36 bits per heavy atom. The van der Waals surface area contributed by atoms with Gasteiger partial charge in [0.1, 0.15) is 5.76 Å². The number of nitrogens with two attached hydrogens (primary N) is 1. The van der Waals surface area contributed by atoms with Gasteiger partial charge in [-0.25, -0.2) is 4.79 Å². The second-order valence-corrected chi connectivity index (χ2v) is 5.49. The molecule has 5 nitrogen and oxygen atoms in total. The molecule has 2 rings (SSSR count). The van der Waals surface area contributed by atoms with Crippen molar-refractivity contribution in [1.82, 2.24) is 4.90 Å². The zero-order valence-electron chi connectivity index (χ0n) is 14.0. The van der Waals surface area contributed by atoms with Gasteiger partial charge in [0.2, 0.25) is 5.76 Å². The summed E-state index contributed by atoms with van der Waals surface area (Å²) < 4.78 is 42.4. The molecule has 8 heteroatoms. The highest BCUT2D eigenvalue weighted by molar-refractivity contribution is 5.85. The Morgan fingerprint density at radius 2 is 1.92 bits per heavy atom. The molecule has 1 aromatic carbocycles. The van der Waals surface area contributed by atoms with Gasteiger partial charge in [-0.05, 0) is 57.9 Å². The number of carbonyl (C=O) groups is 1. The van der Waals surface area contributed by atoms with Crippen molar-refractivity contribution in [2.75, 3.05) is 27.2 Å². The molecule has 0 unspecified atom stereocenters. The Morgan fingerprint density at radius 1 is 1.24 bits per heavy atom. The van der Waals surface area contributed by atoms with Gasteiger partial charge in [-0.15, -0.1) is 0 Å². The Hall–Kier alpha value is -2.32. The summed E-state index contributed by atoms with van der Waals surface area (Å²) in [6.45, 7) is 1.91. The number of halogens is 3.